The fourth-order valence-corrected chi connectivity index (χ4v) is 2.10. The van der Waals surface area contributed by atoms with E-state index in [0.29, 0.717) is 0 Å². The summed E-state index contributed by atoms with van der Waals surface area (Å²) >= 11 is 0. The van der Waals surface area contributed by atoms with E-state index < -0.39 is 5.97 Å². The SMILES string of the molecule is CC(O)CCC/C=C\C/C=C\CCCCCCCC(=O)[O-].[Na+]. The van der Waals surface area contributed by atoms with Crippen molar-refractivity contribution in [2.45, 2.75) is 83.7 Å². The summed E-state index contributed by atoms with van der Waals surface area (Å²) in [4.78, 5) is 10.2. The molecular weight excluding hydrogens is 287 g/mol. The van der Waals surface area contributed by atoms with Gasteiger partial charge in [-0.3, -0.25) is 0 Å². The van der Waals surface area contributed by atoms with E-state index in [4.69, 9.17) is 5.11 Å². The summed E-state index contributed by atoms with van der Waals surface area (Å²) in [6, 6.07) is 0. The van der Waals surface area contributed by atoms with Crippen molar-refractivity contribution in [2.24, 2.45) is 0 Å². The number of hydrogen-bond donors (Lipinski definition) is 1. The van der Waals surface area contributed by atoms with Crippen LogP contribution in [-0.2, 0) is 4.79 Å². The van der Waals surface area contributed by atoms with E-state index in [2.05, 4.69) is 24.3 Å². The molecule has 0 aliphatic carbocycles. The molecule has 0 amide bonds. The Balaban J connectivity index is 0. The Morgan fingerprint density at radius 3 is 2.09 bits per heavy atom. The van der Waals surface area contributed by atoms with Crippen molar-refractivity contribution < 1.29 is 44.6 Å². The van der Waals surface area contributed by atoms with Gasteiger partial charge in [0, 0.05) is 5.97 Å². The monoisotopic (exact) mass is 318 g/mol. The number of hydrogen-bond acceptors (Lipinski definition) is 3. The number of unbranched alkanes of at least 4 members (excludes halogenated alkanes) is 6. The predicted octanol–water partition coefficient (Wildman–Crippen LogP) is 0.525. The molecule has 0 aliphatic rings. The molecule has 1 N–H and O–H groups in total. The Hall–Kier alpha value is -0.0900. The van der Waals surface area contributed by atoms with E-state index in [1.807, 2.05) is 6.92 Å². The van der Waals surface area contributed by atoms with Gasteiger partial charge in [-0.15, -0.1) is 0 Å². The third kappa shape index (κ3) is 22.2. The first-order valence-electron chi connectivity index (χ1n) is 8.31. The Morgan fingerprint density at radius 2 is 1.50 bits per heavy atom. The fraction of sp³-hybridized carbons (Fsp3) is 0.722. The van der Waals surface area contributed by atoms with Crippen molar-refractivity contribution in [3.05, 3.63) is 24.3 Å². The Kier molecular flexibility index (Phi) is 20.8. The molecule has 0 saturated heterocycles. The van der Waals surface area contributed by atoms with Gasteiger partial charge in [0.2, 0.25) is 0 Å². The second-order valence-electron chi connectivity index (χ2n) is 5.64. The van der Waals surface area contributed by atoms with Gasteiger partial charge in [-0.2, -0.15) is 0 Å². The molecule has 1 unspecified atom stereocenters. The van der Waals surface area contributed by atoms with Crippen molar-refractivity contribution in [1.82, 2.24) is 0 Å². The minimum Gasteiger partial charge on any atom is -0.550 e. The van der Waals surface area contributed by atoms with Crippen LogP contribution in [-0.4, -0.2) is 17.2 Å². The third-order valence-corrected chi connectivity index (χ3v) is 3.35. The van der Waals surface area contributed by atoms with Crippen molar-refractivity contribution >= 4 is 5.97 Å². The minimum atomic E-state index is -0.933. The van der Waals surface area contributed by atoms with Gasteiger partial charge in [-0.1, -0.05) is 43.6 Å². The van der Waals surface area contributed by atoms with E-state index >= 15 is 0 Å². The number of carbonyl (C=O) groups is 1. The summed E-state index contributed by atoms with van der Waals surface area (Å²) in [5.41, 5.74) is 0. The number of carbonyl (C=O) groups excluding carboxylic acids is 1. The number of carboxylic acid groups (broad SMARTS) is 1. The van der Waals surface area contributed by atoms with Gasteiger partial charge in [0.1, 0.15) is 0 Å². The summed E-state index contributed by atoms with van der Waals surface area (Å²) < 4.78 is 0. The summed E-state index contributed by atoms with van der Waals surface area (Å²) in [6.07, 6.45) is 19.1. The van der Waals surface area contributed by atoms with Gasteiger partial charge in [-0.05, 0) is 58.3 Å². The van der Waals surface area contributed by atoms with Crippen LogP contribution in [0, 0.1) is 0 Å². The van der Waals surface area contributed by atoms with Crippen LogP contribution in [0.15, 0.2) is 24.3 Å². The van der Waals surface area contributed by atoms with Gasteiger partial charge in [0.15, 0.2) is 0 Å². The maximum atomic E-state index is 10.2. The molecule has 0 heterocycles. The van der Waals surface area contributed by atoms with Gasteiger partial charge in [0.05, 0.1) is 6.10 Å². The van der Waals surface area contributed by atoms with Crippen LogP contribution >= 0.6 is 0 Å². The molecule has 4 heteroatoms. The number of rotatable bonds is 14. The number of carboxylic acids is 1. The average molecular weight is 318 g/mol. The van der Waals surface area contributed by atoms with Crippen LogP contribution in [0.2, 0.25) is 0 Å². The number of aliphatic hydroxyl groups excluding tert-OH is 1. The van der Waals surface area contributed by atoms with Crippen LogP contribution in [0.1, 0.15) is 77.6 Å². The second kappa shape index (κ2) is 19.0. The van der Waals surface area contributed by atoms with E-state index in [9.17, 15) is 9.90 Å². The summed E-state index contributed by atoms with van der Waals surface area (Å²) in [7, 11) is 0. The topological polar surface area (TPSA) is 60.4 Å². The van der Waals surface area contributed by atoms with Crippen molar-refractivity contribution in [1.29, 1.82) is 0 Å². The number of aliphatic hydroxyl groups is 1. The van der Waals surface area contributed by atoms with E-state index in [1.165, 1.54) is 12.8 Å². The first-order chi connectivity index (χ1) is 10.1. The summed E-state index contributed by atoms with van der Waals surface area (Å²) in [5, 5.41) is 19.3. The molecule has 3 nitrogen and oxygen atoms in total. The Bertz CT molecular complexity index is 299. The molecule has 0 rings (SSSR count). The molecule has 0 aromatic carbocycles. The molecule has 0 spiro atoms. The first kappa shape index (κ1) is 24.2. The molecular formula is C18H31NaO3. The maximum Gasteiger partial charge on any atom is 1.00 e. The molecule has 22 heavy (non-hydrogen) atoms. The second-order valence-corrected chi connectivity index (χ2v) is 5.64. The molecule has 0 fully saturated rings. The van der Waals surface area contributed by atoms with Gasteiger partial charge in [0.25, 0.3) is 0 Å². The average Bonchev–Trinajstić information content (AvgIpc) is 2.42. The molecule has 0 saturated carbocycles. The predicted molar refractivity (Wildman–Crippen MR) is 85.8 cm³/mol. The Morgan fingerprint density at radius 1 is 0.955 bits per heavy atom. The zero-order valence-electron chi connectivity index (χ0n) is 14.4. The summed E-state index contributed by atoms with van der Waals surface area (Å²) in [5.74, 6) is -0.933. The van der Waals surface area contributed by atoms with E-state index in [0.717, 1.165) is 51.4 Å². The van der Waals surface area contributed by atoms with Crippen LogP contribution < -0.4 is 34.7 Å². The smallest absolute Gasteiger partial charge is 0.550 e. The van der Waals surface area contributed by atoms with Crippen molar-refractivity contribution in [2.75, 3.05) is 0 Å². The van der Waals surface area contributed by atoms with Crippen LogP contribution in [0.4, 0.5) is 0 Å². The van der Waals surface area contributed by atoms with Crippen LogP contribution in [0.25, 0.3) is 0 Å². The Labute approximate surface area is 158 Å². The maximum absolute atomic E-state index is 10.2. The number of allylic oxidation sites excluding steroid dienone is 4. The van der Waals surface area contributed by atoms with E-state index in [1.54, 1.807) is 0 Å². The van der Waals surface area contributed by atoms with Crippen molar-refractivity contribution in [3.8, 4) is 0 Å². The zero-order valence-corrected chi connectivity index (χ0v) is 16.4. The number of aliphatic carboxylic acids is 1. The standard InChI is InChI=1S/C18H32O3.Na/c1-17(19)15-13-11-9-7-5-3-2-4-6-8-10-12-14-16-18(20)21;/h2-3,7,9,17,19H,4-6,8,10-16H2,1H3,(H,20,21);/q;+1/p-1/b3-2-,9-7-;. The third-order valence-electron chi connectivity index (χ3n) is 3.35. The molecule has 1 atom stereocenters. The first-order valence-corrected chi connectivity index (χ1v) is 8.31. The van der Waals surface area contributed by atoms with Gasteiger partial charge in [-0.25, -0.2) is 0 Å². The molecule has 0 radical (unpaired) electrons. The van der Waals surface area contributed by atoms with Gasteiger partial charge < -0.3 is 15.0 Å². The normalized spacial score (nSPS) is 12.6. The zero-order chi connectivity index (χ0) is 15.8. The van der Waals surface area contributed by atoms with Crippen LogP contribution in [0.3, 0.4) is 0 Å². The molecule has 0 aromatic rings. The van der Waals surface area contributed by atoms with Crippen LogP contribution in [0.5, 0.6) is 0 Å². The van der Waals surface area contributed by atoms with E-state index in [-0.39, 0.29) is 42.1 Å². The largest absolute Gasteiger partial charge is 1.00 e. The minimum absolute atomic E-state index is 0. The molecule has 0 bridgehead atoms. The van der Waals surface area contributed by atoms with Gasteiger partial charge >= 0.3 is 29.6 Å². The fourth-order valence-electron chi connectivity index (χ4n) is 2.10. The molecule has 0 aromatic heterocycles. The van der Waals surface area contributed by atoms with Crippen molar-refractivity contribution in [3.63, 3.8) is 0 Å². The quantitative estimate of drug-likeness (QED) is 0.289. The summed E-state index contributed by atoms with van der Waals surface area (Å²) in [6.45, 7) is 1.83. The molecule has 122 valence electrons. The molecule has 0 aliphatic heterocycles.